The number of aryl methyl sites for hydroxylation is 1. The third-order valence-corrected chi connectivity index (χ3v) is 5.11. The molecule has 0 saturated carbocycles. The first-order valence-corrected chi connectivity index (χ1v) is 9.36. The Morgan fingerprint density at radius 2 is 1.79 bits per heavy atom. The molecule has 0 spiro atoms. The number of aromatic nitrogens is 4. The number of rotatable bonds is 3. The van der Waals surface area contributed by atoms with Gasteiger partial charge in [-0.15, -0.1) is 0 Å². The zero-order chi connectivity index (χ0) is 19.7. The minimum atomic E-state index is -0.555. The van der Waals surface area contributed by atoms with Crippen molar-refractivity contribution in [3.8, 4) is 11.4 Å². The van der Waals surface area contributed by atoms with Gasteiger partial charge in [0, 0.05) is 31.9 Å². The van der Waals surface area contributed by atoms with Gasteiger partial charge >= 0.3 is 5.69 Å². The number of amides is 1. The fraction of sp³-hybridized carbons (Fsp3) is 0.350. The first-order valence-electron chi connectivity index (χ1n) is 9.36. The first-order chi connectivity index (χ1) is 13.6. The average molecular weight is 379 g/mol. The lowest BCUT2D eigenvalue weighted by molar-refractivity contribution is -0.132. The van der Waals surface area contributed by atoms with E-state index in [9.17, 15) is 14.4 Å². The Morgan fingerprint density at radius 3 is 2.50 bits per heavy atom. The number of nitrogens with zero attached hydrogens (tertiary/aromatic N) is 5. The largest absolute Gasteiger partial charge is 0.341 e. The minimum absolute atomic E-state index is 0.208. The van der Waals surface area contributed by atoms with E-state index in [2.05, 4.69) is 9.97 Å². The van der Waals surface area contributed by atoms with Crippen molar-refractivity contribution in [2.75, 3.05) is 13.1 Å². The maximum absolute atomic E-state index is 12.9. The lowest BCUT2D eigenvalue weighted by Crippen LogP contribution is -2.45. The van der Waals surface area contributed by atoms with Gasteiger partial charge in [-0.2, -0.15) is 0 Å². The molecule has 0 N–H and O–H groups in total. The summed E-state index contributed by atoms with van der Waals surface area (Å²) in [5, 5.41) is 0.216. The fourth-order valence-electron chi connectivity index (χ4n) is 3.53. The summed E-state index contributed by atoms with van der Waals surface area (Å²) in [7, 11) is 1.55. The molecule has 28 heavy (non-hydrogen) atoms. The molecule has 1 aliphatic heterocycles. The van der Waals surface area contributed by atoms with Crippen molar-refractivity contribution in [3.63, 3.8) is 0 Å². The number of piperidine rings is 1. The molecule has 1 aliphatic rings. The molecular weight excluding hydrogens is 358 g/mol. The van der Waals surface area contributed by atoms with Crippen LogP contribution in [0.2, 0.25) is 0 Å². The van der Waals surface area contributed by atoms with E-state index in [1.54, 1.807) is 11.9 Å². The number of carbonyl (C=O) groups excluding carboxylic acids is 1. The summed E-state index contributed by atoms with van der Waals surface area (Å²) in [6, 6.07) is 9.34. The average Bonchev–Trinajstić information content (AvgIpc) is 2.76. The van der Waals surface area contributed by atoms with E-state index < -0.39 is 11.2 Å². The topological polar surface area (TPSA) is 90.1 Å². The molecule has 144 valence electrons. The number of benzene rings is 1. The Hall–Kier alpha value is -3.29. The maximum Gasteiger partial charge on any atom is 0.332 e. The Labute approximate surface area is 161 Å². The van der Waals surface area contributed by atoms with Crippen molar-refractivity contribution >= 4 is 16.9 Å². The van der Waals surface area contributed by atoms with Gasteiger partial charge in [-0.25, -0.2) is 14.8 Å². The van der Waals surface area contributed by atoms with E-state index in [0.29, 0.717) is 18.9 Å². The van der Waals surface area contributed by atoms with E-state index in [-0.39, 0.29) is 23.5 Å². The normalized spacial score (nSPS) is 14.4. The van der Waals surface area contributed by atoms with Crippen LogP contribution in [-0.4, -0.2) is 43.0 Å². The molecule has 1 aromatic carbocycles. The quantitative estimate of drug-likeness (QED) is 0.681. The first kappa shape index (κ1) is 18.1. The lowest BCUT2D eigenvalue weighted by Gasteiger charge is -2.26. The molecule has 8 nitrogen and oxygen atoms in total. The highest BCUT2D eigenvalue weighted by Crippen LogP contribution is 2.15. The van der Waals surface area contributed by atoms with Gasteiger partial charge in [0.15, 0.2) is 11.5 Å². The van der Waals surface area contributed by atoms with E-state index in [0.717, 1.165) is 29.4 Å². The highest BCUT2D eigenvalue weighted by atomic mass is 16.2. The molecule has 1 saturated heterocycles. The van der Waals surface area contributed by atoms with Crippen molar-refractivity contribution in [3.05, 3.63) is 57.4 Å². The summed E-state index contributed by atoms with van der Waals surface area (Å²) in [5.74, 6) is 0.227. The van der Waals surface area contributed by atoms with Gasteiger partial charge in [-0.05, 0) is 19.3 Å². The van der Waals surface area contributed by atoms with Crippen LogP contribution in [0.1, 0.15) is 19.3 Å². The van der Waals surface area contributed by atoms with Gasteiger partial charge in [0.2, 0.25) is 5.91 Å². The molecule has 4 rings (SSSR count). The molecule has 0 radical (unpaired) electrons. The molecule has 3 aromatic rings. The summed E-state index contributed by atoms with van der Waals surface area (Å²) in [6.07, 6.45) is 4.43. The second-order valence-corrected chi connectivity index (χ2v) is 6.97. The molecule has 2 aromatic heterocycles. The molecule has 1 fully saturated rings. The maximum atomic E-state index is 12.9. The van der Waals surface area contributed by atoms with Crippen LogP contribution in [-0.2, 0) is 18.4 Å². The van der Waals surface area contributed by atoms with Crippen LogP contribution in [0.4, 0.5) is 0 Å². The lowest BCUT2D eigenvalue weighted by atomic mass is 10.1. The molecule has 0 bridgehead atoms. The highest BCUT2D eigenvalue weighted by Gasteiger charge is 2.20. The second kappa shape index (κ2) is 7.38. The van der Waals surface area contributed by atoms with E-state index in [1.165, 1.54) is 10.8 Å². The monoisotopic (exact) mass is 379 g/mol. The predicted molar refractivity (Wildman–Crippen MR) is 105 cm³/mol. The molecular formula is C20H21N5O3. The third-order valence-electron chi connectivity index (χ3n) is 5.11. The molecule has 3 heterocycles. The van der Waals surface area contributed by atoms with E-state index in [4.69, 9.17) is 0 Å². The van der Waals surface area contributed by atoms with Crippen molar-refractivity contribution in [1.82, 2.24) is 24.0 Å². The summed E-state index contributed by atoms with van der Waals surface area (Å²) in [4.78, 5) is 48.6. The third kappa shape index (κ3) is 3.21. The zero-order valence-electron chi connectivity index (χ0n) is 15.7. The van der Waals surface area contributed by atoms with Crippen molar-refractivity contribution in [2.24, 2.45) is 7.05 Å². The highest BCUT2D eigenvalue weighted by molar-refractivity contribution is 5.78. The fourth-order valence-corrected chi connectivity index (χ4v) is 3.53. The zero-order valence-corrected chi connectivity index (χ0v) is 15.7. The van der Waals surface area contributed by atoms with E-state index >= 15 is 0 Å². The number of likely N-dealkylation sites (tertiary alicyclic amines) is 1. The van der Waals surface area contributed by atoms with Crippen molar-refractivity contribution in [2.45, 2.75) is 25.8 Å². The summed E-state index contributed by atoms with van der Waals surface area (Å²) in [6.45, 7) is 1.08. The van der Waals surface area contributed by atoms with Gasteiger partial charge in [0.25, 0.3) is 5.56 Å². The van der Waals surface area contributed by atoms with E-state index in [1.807, 2.05) is 30.3 Å². The molecule has 0 unspecified atom stereocenters. The summed E-state index contributed by atoms with van der Waals surface area (Å²) in [5.41, 5.74) is -0.0459. The standard InChI is InChI=1S/C20H21N5O3/c1-23-18-15(12-21-17(22-18)14-8-4-2-5-9-14)19(27)25(20(23)28)13-16(26)24-10-6-3-7-11-24/h2,4-5,8-9,12H,3,6-7,10-11,13H2,1H3. The van der Waals surface area contributed by atoms with Crippen LogP contribution in [0.15, 0.2) is 46.1 Å². The van der Waals surface area contributed by atoms with Crippen LogP contribution in [0, 0.1) is 0 Å². The predicted octanol–water partition coefficient (Wildman–Crippen LogP) is 1.17. The van der Waals surface area contributed by atoms with Crippen molar-refractivity contribution < 1.29 is 4.79 Å². The number of fused-ring (bicyclic) bond motifs is 1. The van der Waals surface area contributed by atoms with Crippen LogP contribution < -0.4 is 11.2 Å². The summed E-state index contributed by atoms with van der Waals surface area (Å²) < 4.78 is 2.28. The Balaban J connectivity index is 1.76. The second-order valence-electron chi connectivity index (χ2n) is 6.97. The Bertz CT molecular complexity index is 1140. The smallest absolute Gasteiger partial charge is 0.332 e. The molecule has 8 heteroatoms. The summed E-state index contributed by atoms with van der Waals surface area (Å²) >= 11 is 0. The number of hydrogen-bond acceptors (Lipinski definition) is 5. The minimum Gasteiger partial charge on any atom is -0.341 e. The van der Waals surface area contributed by atoms with Gasteiger partial charge in [-0.1, -0.05) is 30.3 Å². The Morgan fingerprint density at radius 1 is 1.07 bits per heavy atom. The molecule has 0 atom stereocenters. The van der Waals surface area contributed by atoms with Crippen molar-refractivity contribution in [1.29, 1.82) is 0 Å². The van der Waals surface area contributed by atoms with Gasteiger partial charge in [0.05, 0.1) is 0 Å². The molecule has 1 amide bonds. The number of hydrogen-bond donors (Lipinski definition) is 0. The number of carbonyl (C=O) groups is 1. The Kier molecular flexibility index (Phi) is 4.77. The van der Waals surface area contributed by atoms with Gasteiger partial charge in [-0.3, -0.25) is 18.7 Å². The SMILES string of the molecule is Cn1c(=O)n(CC(=O)N2CCCCC2)c(=O)c2cnc(-c3ccccc3)nc21. The van der Waals surface area contributed by atoms with Crippen LogP contribution in [0.5, 0.6) is 0 Å². The van der Waals surface area contributed by atoms with Crippen LogP contribution >= 0.6 is 0 Å². The van der Waals surface area contributed by atoms with Gasteiger partial charge in [0.1, 0.15) is 11.9 Å². The van der Waals surface area contributed by atoms with Gasteiger partial charge < -0.3 is 4.90 Å². The van der Waals surface area contributed by atoms with Crippen LogP contribution in [0.25, 0.3) is 22.4 Å². The molecule has 0 aliphatic carbocycles. The van der Waals surface area contributed by atoms with Crippen LogP contribution in [0.3, 0.4) is 0 Å².